The largest absolute Gasteiger partial charge is 0.338 e. The Morgan fingerprint density at radius 1 is 1.00 bits per heavy atom. The molecule has 0 aliphatic carbocycles. The fourth-order valence-corrected chi connectivity index (χ4v) is 2.58. The molecule has 14 heavy (non-hydrogen) atoms. The lowest BCUT2D eigenvalue weighted by molar-refractivity contribution is 0.0572. The van der Waals surface area contributed by atoms with E-state index in [1.54, 1.807) is 4.67 Å². The Morgan fingerprint density at radius 2 is 1.36 bits per heavy atom. The third kappa shape index (κ3) is 2.90. The first kappa shape index (κ1) is 14.3. The first-order valence-electron chi connectivity index (χ1n) is 4.99. The van der Waals surface area contributed by atoms with Crippen LogP contribution in [0, 0.1) is 5.41 Å². The van der Waals surface area contributed by atoms with Crippen molar-refractivity contribution in [2.75, 3.05) is 0 Å². The second kappa shape index (κ2) is 4.44. The van der Waals surface area contributed by atoms with Crippen molar-refractivity contribution in [3.63, 3.8) is 0 Å². The van der Waals surface area contributed by atoms with E-state index < -0.39 is 8.53 Å². The molecule has 0 atom stereocenters. The predicted octanol–water partition coefficient (Wildman–Crippen LogP) is 2.73. The minimum atomic E-state index is -2.02. The Kier molecular flexibility index (Phi) is 4.54. The van der Waals surface area contributed by atoms with Gasteiger partial charge in [0, 0.05) is 11.6 Å². The highest BCUT2D eigenvalue weighted by Gasteiger charge is 2.42. The third-order valence-corrected chi connectivity index (χ3v) is 4.44. The lowest BCUT2D eigenvalue weighted by Crippen LogP contribution is -2.52. The van der Waals surface area contributed by atoms with Crippen molar-refractivity contribution >= 4 is 8.53 Å². The standard InChI is InChI=1S/C10H24NO2P/c1-8(2)11(14(12)13)10(6,7)9(3,4)5/h8,12-13H,1-7H3. The number of nitrogens with zero attached hydrogens (tertiary/aromatic N) is 1. The maximum absolute atomic E-state index is 9.43. The van der Waals surface area contributed by atoms with E-state index in [2.05, 4.69) is 34.6 Å². The molecule has 86 valence electrons. The lowest BCUT2D eigenvalue weighted by Gasteiger charge is -2.49. The van der Waals surface area contributed by atoms with Crippen LogP contribution in [0.2, 0.25) is 0 Å². The lowest BCUT2D eigenvalue weighted by atomic mass is 9.76. The molecule has 0 radical (unpaired) electrons. The van der Waals surface area contributed by atoms with Crippen LogP contribution in [0.4, 0.5) is 0 Å². The summed E-state index contributed by atoms with van der Waals surface area (Å²) in [6, 6.07) is 0.130. The smallest absolute Gasteiger partial charge is 0.253 e. The van der Waals surface area contributed by atoms with Crippen LogP contribution in [0.1, 0.15) is 48.5 Å². The molecule has 4 heteroatoms. The van der Waals surface area contributed by atoms with Gasteiger partial charge < -0.3 is 9.79 Å². The van der Waals surface area contributed by atoms with Gasteiger partial charge in [0.15, 0.2) is 0 Å². The van der Waals surface area contributed by atoms with Crippen LogP contribution in [-0.4, -0.2) is 26.0 Å². The topological polar surface area (TPSA) is 43.7 Å². The zero-order valence-electron chi connectivity index (χ0n) is 10.4. The van der Waals surface area contributed by atoms with E-state index >= 15 is 0 Å². The molecule has 0 fully saturated rings. The highest BCUT2D eigenvalue weighted by molar-refractivity contribution is 7.42. The zero-order valence-corrected chi connectivity index (χ0v) is 11.3. The summed E-state index contributed by atoms with van der Waals surface area (Å²) in [6.45, 7) is 14.4. The van der Waals surface area contributed by atoms with Crippen molar-refractivity contribution in [2.45, 2.75) is 60.0 Å². The van der Waals surface area contributed by atoms with Gasteiger partial charge in [-0.05, 0) is 33.1 Å². The molecule has 0 aliphatic heterocycles. The summed E-state index contributed by atoms with van der Waals surface area (Å²) in [5.41, 5.74) is -0.236. The second-order valence-electron chi connectivity index (χ2n) is 5.52. The molecule has 0 amide bonds. The molecule has 2 N–H and O–H groups in total. The van der Waals surface area contributed by atoms with Crippen LogP contribution in [0.25, 0.3) is 0 Å². The predicted molar refractivity (Wildman–Crippen MR) is 61.9 cm³/mol. The summed E-state index contributed by atoms with van der Waals surface area (Å²) in [7, 11) is -2.02. The third-order valence-electron chi connectivity index (χ3n) is 3.09. The number of hydrogen-bond donors (Lipinski definition) is 2. The molecular formula is C10H24NO2P. The fourth-order valence-electron chi connectivity index (χ4n) is 1.42. The van der Waals surface area contributed by atoms with Gasteiger partial charge in [0.1, 0.15) is 0 Å². The Labute approximate surface area is 89.1 Å². The van der Waals surface area contributed by atoms with E-state index in [0.29, 0.717) is 0 Å². The van der Waals surface area contributed by atoms with Gasteiger partial charge in [-0.25, -0.2) is 4.67 Å². The van der Waals surface area contributed by atoms with Gasteiger partial charge in [-0.3, -0.25) is 0 Å². The zero-order chi connectivity index (χ0) is 11.7. The van der Waals surface area contributed by atoms with Crippen molar-refractivity contribution < 1.29 is 9.79 Å². The van der Waals surface area contributed by atoms with E-state index in [9.17, 15) is 9.79 Å². The molecule has 0 bridgehead atoms. The van der Waals surface area contributed by atoms with Gasteiger partial charge in [-0.15, -0.1) is 0 Å². The normalized spacial score (nSPS) is 14.6. The summed E-state index contributed by atoms with van der Waals surface area (Å²) in [5.74, 6) is 0. The van der Waals surface area contributed by atoms with Crippen LogP contribution in [0.15, 0.2) is 0 Å². The van der Waals surface area contributed by atoms with Crippen LogP contribution >= 0.6 is 8.53 Å². The fraction of sp³-hybridized carbons (Fsp3) is 1.00. The van der Waals surface area contributed by atoms with E-state index in [1.807, 2.05) is 13.8 Å². The first-order valence-corrected chi connectivity index (χ1v) is 6.19. The van der Waals surface area contributed by atoms with E-state index in [0.717, 1.165) is 0 Å². The molecular weight excluding hydrogens is 197 g/mol. The Morgan fingerprint density at radius 3 is 1.43 bits per heavy atom. The minimum absolute atomic E-state index is 0.00329. The molecule has 0 rings (SSSR count). The van der Waals surface area contributed by atoms with Crippen molar-refractivity contribution in [3.05, 3.63) is 0 Å². The summed E-state index contributed by atoms with van der Waals surface area (Å²) < 4.78 is 1.78. The molecule has 0 saturated carbocycles. The SMILES string of the molecule is CC(C)N(P(O)O)C(C)(C)C(C)(C)C. The van der Waals surface area contributed by atoms with Gasteiger partial charge in [-0.1, -0.05) is 20.8 Å². The summed E-state index contributed by atoms with van der Waals surface area (Å²) in [6.07, 6.45) is 0. The molecule has 0 aromatic carbocycles. The maximum Gasteiger partial charge on any atom is 0.253 e. The van der Waals surface area contributed by atoms with Gasteiger partial charge in [-0.2, -0.15) is 0 Å². The maximum atomic E-state index is 9.43. The molecule has 0 unspecified atom stereocenters. The average molecular weight is 221 g/mol. The number of rotatable bonds is 3. The Balaban J connectivity index is 5.01. The average Bonchev–Trinajstić information content (AvgIpc) is 1.79. The van der Waals surface area contributed by atoms with Crippen molar-refractivity contribution in [1.82, 2.24) is 4.67 Å². The van der Waals surface area contributed by atoms with E-state index in [1.165, 1.54) is 0 Å². The van der Waals surface area contributed by atoms with E-state index in [-0.39, 0.29) is 17.0 Å². The van der Waals surface area contributed by atoms with E-state index in [4.69, 9.17) is 0 Å². The van der Waals surface area contributed by atoms with Gasteiger partial charge in [0.25, 0.3) is 8.53 Å². The Bertz CT molecular complexity index is 177. The summed E-state index contributed by atoms with van der Waals surface area (Å²) in [4.78, 5) is 18.9. The van der Waals surface area contributed by atoms with Crippen LogP contribution < -0.4 is 0 Å². The molecule has 0 spiro atoms. The van der Waals surface area contributed by atoms with Crippen molar-refractivity contribution in [1.29, 1.82) is 0 Å². The highest BCUT2D eigenvalue weighted by atomic mass is 31.2. The first-order chi connectivity index (χ1) is 6.01. The second-order valence-corrected chi connectivity index (χ2v) is 6.48. The molecule has 0 aliphatic rings. The monoisotopic (exact) mass is 221 g/mol. The van der Waals surface area contributed by atoms with Crippen molar-refractivity contribution in [2.24, 2.45) is 5.41 Å². The Hall–Kier alpha value is 0.310. The van der Waals surface area contributed by atoms with Crippen LogP contribution in [0.5, 0.6) is 0 Å². The molecule has 0 aromatic heterocycles. The minimum Gasteiger partial charge on any atom is -0.338 e. The van der Waals surface area contributed by atoms with Gasteiger partial charge >= 0.3 is 0 Å². The molecule has 0 aromatic rings. The number of hydrogen-bond acceptors (Lipinski definition) is 3. The van der Waals surface area contributed by atoms with Gasteiger partial charge in [0.05, 0.1) is 0 Å². The van der Waals surface area contributed by atoms with Crippen molar-refractivity contribution in [3.8, 4) is 0 Å². The highest BCUT2D eigenvalue weighted by Crippen LogP contribution is 2.47. The van der Waals surface area contributed by atoms with Gasteiger partial charge in [0.2, 0.25) is 0 Å². The summed E-state index contributed by atoms with van der Waals surface area (Å²) in [5, 5.41) is 0. The molecule has 0 saturated heterocycles. The summed E-state index contributed by atoms with van der Waals surface area (Å²) >= 11 is 0. The quantitative estimate of drug-likeness (QED) is 0.720. The van der Waals surface area contributed by atoms with Crippen LogP contribution in [0.3, 0.4) is 0 Å². The molecule has 0 heterocycles. The van der Waals surface area contributed by atoms with Crippen LogP contribution in [-0.2, 0) is 0 Å². The molecule has 3 nitrogen and oxygen atoms in total.